The maximum atomic E-state index is 13.6. The molecule has 1 aliphatic rings. The summed E-state index contributed by atoms with van der Waals surface area (Å²) in [5, 5.41) is 7.74. The van der Waals surface area contributed by atoms with Crippen LogP contribution >= 0.6 is 0 Å². The predicted octanol–water partition coefficient (Wildman–Crippen LogP) is 2.81. The zero-order valence-electron chi connectivity index (χ0n) is 12.7. The van der Waals surface area contributed by atoms with Gasteiger partial charge in [-0.25, -0.2) is 9.02 Å². The van der Waals surface area contributed by atoms with Crippen molar-refractivity contribution >= 4 is 0 Å². The van der Waals surface area contributed by atoms with Crippen LogP contribution in [0.2, 0.25) is 0 Å². The second-order valence-electron chi connectivity index (χ2n) is 5.78. The van der Waals surface area contributed by atoms with Crippen molar-refractivity contribution in [3.63, 3.8) is 0 Å². The summed E-state index contributed by atoms with van der Waals surface area (Å²) in [4.78, 5) is 2.32. The van der Waals surface area contributed by atoms with Crippen LogP contribution in [0.1, 0.15) is 24.2 Å². The Balaban J connectivity index is 1.52. The maximum absolute atomic E-state index is 13.6. The minimum Gasteiger partial charge on any atom is -0.490 e. The van der Waals surface area contributed by atoms with Crippen molar-refractivity contribution in [3.8, 4) is 5.75 Å². The normalized spacial score (nSPS) is 19.3. The van der Waals surface area contributed by atoms with E-state index in [0.717, 1.165) is 43.9 Å². The van der Waals surface area contributed by atoms with E-state index in [1.165, 1.54) is 6.07 Å². The first-order chi connectivity index (χ1) is 10.7. The third-order valence-corrected chi connectivity index (χ3v) is 4.03. The average Bonchev–Trinajstić information content (AvgIpc) is 2.92. The molecule has 0 amide bonds. The number of para-hydroxylation sites is 1. The Kier molecular flexibility index (Phi) is 4.68. The molecule has 1 saturated heterocycles. The summed E-state index contributed by atoms with van der Waals surface area (Å²) >= 11 is 0. The first-order valence-corrected chi connectivity index (χ1v) is 7.60. The first kappa shape index (κ1) is 15.0. The average molecular weight is 305 g/mol. The third kappa shape index (κ3) is 3.62. The van der Waals surface area contributed by atoms with Gasteiger partial charge in [0.15, 0.2) is 11.6 Å². The number of benzene rings is 1. The number of nitrogens with zero attached hydrogens (tertiary/aromatic N) is 3. The lowest BCUT2D eigenvalue weighted by Gasteiger charge is -2.32. The highest BCUT2D eigenvalue weighted by Gasteiger charge is 2.22. The van der Waals surface area contributed by atoms with E-state index < -0.39 is 0 Å². The first-order valence-electron chi connectivity index (χ1n) is 7.60. The van der Waals surface area contributed by atoms with E-state index in [9.17, 15) is 4.39 Å². The lowest BCUT2D eigenvalue weighted by Crippen LogP contribution is -2.37. The Labute approximate surface area is 129 Å². The molecule has 0 aliphatic carbocycles. The number of aromatic nitrogens is 2. The molecular weight excluding hydrogens is 285 g/mol. The molecule has 2 aromatic rings. The van der Waals surface area contributed by atoms with E-state index in [1.807, 2.05) is 6.92 Å². The molecule has 6 heteroatoms. The lowest BCUT2D eigenvalue weighted by molar-refractivity contribution is 0.121. The number of hydrogen-bond acceptors (Lipinski definition) is 5. The van der Waals surface area contributed by atoms with Crippen LogP contribution in [-0.4, -0.2) is 34.9 Å². The number of ether oxygens (including phenoxy) is 1. The molecule has 0 radical (unpaired) electrons. The van der Waals surface area contributed by atoms with E-state index >= 15 is 0 Å². The Morgan fingerprint density at radius 3 is 3.00 bits per heavy atom. The van der Waals surface area contributed by atoms with Crippen molar-refractivity contribution in [1.29, 1.82) is 0 Å². The summed E-state index contributed by atoms with van der Waals surface area (Å²) in [5.74, 6) is 0.421. The maximum Gasteiger partial charge on any atom is 0.165 e. The second-order valence-corrected chi connectivity index (χ2v) is 5.78. The fourth-order valence-electron chi connectivity index (χ4n) is 2.81. The van der Waals surface area contributed by atoms with Crippen LogP contribution in [0.5, 0.6) is 5.75 Å². The number of rotatable bonds is 5. The van der Waals surface area contributed by atoms with Crippen LogP contribution in [0.3, 0.4) is 0 Å². The summed E-state index contributed by atoms with van der Waals surface area (Å²) < 4.78 is 23.9. The molecule has 0 N–H and O–H groups in total. The molecule has 0 saturated carbocycles. The van der Waals surface area contributed by atoms with Crippen molar-refractivity contribution in [2.45, 2.75) is 26.3 Å². The topological polar surface area (TPSA) is 51.4 Å². The highest BCUT2D eigenvalue weighted by atomic mass is 19.1. The molecular formula is C16H20FN3O2. The molecule has 2 heterocycles. The predicted molar refractivity (Wildman–Crippen MR) is 78.9 cm³/mol. The summed E-state index contributed by atoms with van der Waals surface area (Å²) in [7, 11) is 0. The van der Waals surface area contributed by atoms with Crippen LogP contribution in [0, 0.1) is 18.7 Å². The Morgan fingerprint density at radius 2 is 2.23 bits per heavy atom. The monoisotopic (exact) mass is 305 g/mol. The van der Waals surface area contributed by atoms with Crippen molar-refractivity contribution in [3.05, 3.63) is 41.5 Å². The minimum absolute atomic E-state index is 0.306. The molecule has 5 nitrogen and oxygen atoms in total. The zero-order chi connectivity index (χ0) is 15.4. The number of likely N-dealkylation sites (tertiary alicyclic amines) is 1. The molecule has 0 unspecified atom stereocenters. The van der Waals surface area contributed by atoms with E-state index in [-0.39, 0.29) is 5.82 Å². The van der Waals surface area contributed by atoms with Gasteiger partial charge in [-0.15, -0.1) is 0 Å². The van der Waals surface area contributed by atoms with Gasteiger partial charge in [-0.2, -0.15) is 0 Å². The molecule has 22 heavy (non-hydrogen) atoms. The molecule has 1 fully saturated rings. The van der Waals surface area contributed by atoms with Crippen molar-refractivity contribution < 1.29 is 13.8 Å². The van der Waals surface area contributed by atoms with Crippen LogP contribution in [-0.2, 0) is 6.54 Å². The van der Waals surface area contributed by atoms with Crippen molar-refractivity contribution in [2.75, 3.05) is 19.7 Å². The summed E-state index contributed by atoms with van der Waals surface area (Å²) in [6.45, 7) is 5.12. The van der Waals surface area contributed by atoms with Gasteiger partial charge in [-0.1, -0.05) is 22.4 Å². The number of piperidine rings is 1. The Morgan fingerprint density at radius 1 is 1.36 bits per heavy atom. The van der Waals surface area contributed by atoms with Gasteiger partial charge in [-0.3, -0.25) is 4.90 Å². The van der Waals surface area contributed by atoms with Crippen LogP contribution in [0.15, 0.2) is 28.9 Å². The fourth-order valence-corrected chi connectivity index (χ4v) is 2.81. The van der Waals surface area contributed by atoms with E-state index in [0.29, 0.717) is 18.3 Å². The zero-order valence-corrected chi connectivity index (χ0v) is 12.7. The van der Waals surface area contributed by atoms with Crippen molar-refractivity contribution in [1.82, 2.24) is 15.2 Å². The Hall–Kier alpha value is -1.95. The highest BCUT2D eigenvalue weighted by Crippen LogP contribution is 2.22. The SMILES string of the molecule is Cc1nonc1CN1CCC[C@H](COc2ccccc2F)C1. The standard InChI is InChI=1S/C16H20FN3O2/c1-12-15(19-22-18-12)10-20-8-4-5-13(9-20)11-21-16-7-3-2-6-14(16)17/h2-3,6-7,13H,4-5,8-11H2,1H3/t13-/m0/s1. The van der Waals surface area contributed by atoms with Gasteiger partial charge >= 0.3 is 0 Å². The molecule has 1 atom stereocenters. The van der Waals surface area contributed by atoms with E-state index in [4.69, 9.17) is 9.37 Å². The highest BCUT2D eigenvalue weighted by molar-refractivity contribution is 5.23. The largest absolute Gasteiger partial charge is 0.490 e. The van der Waals surface area contributed by atoms with E-state index in [2.05, 4.69) is 15.2 Å². The van der Waals surface area contributed by atoms with Crippen LogP contribution in [0.25, 0.3) is 0 Å². The number of halogens is 1. The van der Waals surface area contributed by atoms with Gasteiger partial charge < -0.3 is 4.74 Å². The quantitative estimate of drug-likeness (QED) is 0.850. The van der Waals surface area contributed by atoms with Gasteiger partial charge in [0.2, 0.25) is 0 Å². The van der Waals surface area contributed by atoms with Crippen LogP contribution < -0.4 is 4.74 Å². The summed E-state index contributed by atoms with van der Waals surface area (Å²) in [6, 6.07) is 6.54. The lowest BCUT2D eigenvalue weighted by atomic mass is 9.99. The smallest absolute Gasteiger partial charge is 0.165 e. The third-order valence-electron chi connectivity index (χ3n) is 4.03. The minimum atomic E-state index is -0.306. The van der Waals surface area contributed by atoms with Gasteiger partial charge in [0.25, 0.3) is 0 Å². The van der Waals surface area contributed by atoms with Gasteiger partial charge in [0.1, 0.15) is 11.4 Å². The molecule has 1 aromatic carbocycles. The summed E-state index contributed by atoms with van der Waals surface area (Å²) in [6.07, 6.45) is 2.20. The van der Waals surface area contributed by atoms with Gasteiger partial charge in [0, 0.05) is 19.0 Å². The van der Waals surface area contributed by atoms with Gasteiger partial charge in [-0.05, 0) is 38.4 Å². The molecule has 1 aliphatic heterocycles. The second kappa shape index (κ2) is 6.87. The Bertz CT molecular complexity index is 617. The molecule has 0 spiro atoms. The van der Waals surface area contributed by atoms with E-state index in [1.54, 1.807) is 18.2 Å². The fraction of sp³-hybridized carbons (Fsp3) is 0.500. The molecule has 0 bridgehead atoms. The van der Waals surface area contributed by atoms with Gasteiger partial charge in [0.05, 0.1) is 6.61 Å². The number of hydrogen-bond donors (Lipinski definition) is 0. The molecule has 118 valence electrons. The summed E-state index contributed by atoms with van der Waals surface area (Å²) in [5.41, 5.74) is 1.72. The molecule has 3 rings (SSSR count). The van der Waals surface area contributed by atoms with Crippen molar-refractivity contribution in [2.24, 2.45) is 5.92 Å². The van der Waals surface area contributed by atoms with Crippen LogP contribution in [0.4, 0.5) is 4.39 Å². The number of aryl methyl sites for hydroxylation is 1. The molecule has 1 aromatic heterocycles.